The third-order valence-corrected chi connectivity index (χ3v) is 5.64. The number of nitrogens with two attached hydrogens (primary N) is 1. The lowest BCUT2D eigenvalue weighted by Gasteiger charge is -2.33. The molecule has 4 nitrogen and oxygen atoms in total. The molecule has 4 heteroatoms. The fourth-order valence-corrected chi connectivity index (χ4v) is 3.81. The summed E-state index contributed by atoms with van der Waals surface area (Å²) in [6.45, 7) is 3.77. The maximum Gasteiger partial charge on any atom is 0.248 e. The molecule has 1 amide bonds. The normalized spacial score (nSPS) is 15.2. The van der Waals surface area contributed by atoms with Gasteiger partial charge in [0.1, 0.15) is 0 Å². The van der Waals surface area contributed by atoms with Crippen LogP contribution in [0, 0.1) is 0 Å². The van der Waals surface area contributed by atoms with Gasteiger partial charge in [-0.2, -0.15) is 0 Å². The molecule has 0 atom stereocenters. The SMILES string of the molecule is C=C/C(=C\c1ccccc1N)NC(=O)/C=C/c1ccc(N(C)C2CCCCC2)cc1. The fourth-order valence-electron chi connectivity index (χ4n) is 3.81. The van der Waals surface area contributed by atoms with Gasteiger partial charge in [0.25, 0.3) is 0 Å². The molecule has 3 rings (SSSR count). The summed E-state index contributed by atoms with van der Waals surface area (Å²) in [7, 11) is 2.18. The van der Waals surface area contributed by atoms with Crippen LogP contribution in [0.1, 0.15) is 43.2 Å². The molecule has 1 aliphatic carbocycles. The molecule has 0 bridgehead atoms. The minimum atomic E-state index is -0.209. The lowest BCUT2D eigenvalue weighted by atomic mass is 9.94. The number of benzene rings is 2. The third kappa shape index (κ3) is 5.86. The first-order valence-corrected chi connectivity index (χ1v) is 10.6. The first-order chi connectivity index (χ1) is 14.6. The number of carbonyl (C=O) groups excluding carboxylic acids is 1. The van der Waals surface area contributed by atoms with E-state index >= 15 is 0 Å². The van der Waals surface area contributed by atoms with Gasteiger partial charge in [-0.3, -0.25) is 4.79 Å². The fraction of sp³-hybridized carbons (Fsp3) is 0.269. The van der Waals surface area contributed by atoms with Crippen LogP contribution in [0.5, 0.6) is 0 Å². The van der Waals surface area contributed by atoms with Crippen LogP contribution in [0.15, 0.2) is 73.0 Å². The average Bonchev–Trinajstić information content (AvgIpc) is 2.79. The van der Waals surface area contributed by atoms with Crippen LogP contribution in [0.4, 0.5) is 11.4 Å². The molecule has 0 aliphatic heterocycles. The monoisotopic (exact) mass is 401 g/mol. The summed E-state index contributed by atoms with van der Waals surface area (Å²) in [5.41, 5.74) is 10.3. The second-order valence-corrected chi connectivity index (χ2v) is 7.75. The van der Waals surface area contributed by atoms with Gasteiger partial charge >= 0.3 is 0 Å². The Morgan fingerprint density at radius 2 is 1.80 bits per heavy atom. The zero-order valence-corrected chi connectivity index (χ0v) is 17.7. The van der Waals surface area contributed by atoms with Crippen molar-refractivity contribution in [2.45, 2.75) is 38.1 Å². The number of hydrogen-bond donors (Lipinski definition) is 2. The second kappa shape index (κ2) is 10.5. The van der Waals surface area contributed by atoms with Gasteiger partial charge in [0.15, 0.2) is 0 Å². The second-order valence-electron chi connectivity index (χ2n) is 7.75. The van der Waals surface area contributed by atoms with Crippen LogP contribution >= 0.6 is 0 Å². The van der Waals surface area contributed by atoms with Gasteiger partial charge in [-0.15, -0.1) is 0 Å². The number of hydrogen-bond acceptors (Lipinski definition) is 3. The van der Waals surface area contributed by atoms with Crippen molar-refractivity contribution in [3.05, 3.63) is 84.1 Å². The molecule has 3 N–H and O–H groups in total. The van der Waals surface area contributed by atoms with Crippen molar-refractivity contribution < 1.29 is 4.79 Å². The molecule has 30 heavy (non-hydrogen) atoms. The molecule has 0 spiro atoms. The van der Waals surface area contributed by atoms with Crippen LogP contribution in [0.25, 0.3) is 12.2 Å². The van der Waals surface area contributed by atoms with E-state index in [0.29, 0.717) is 17.4 Å². The summed E-state index contributed by atoms with van der Waals surface area (Å²) in [5.74, 6) is -0.209. The van der Waals surface area contributed by atoms with Gasteiger partial charge in [0, 0.05) is 36.2 Å². The summed E-state index contributed by atoms with van der Waals surface area (Å²) in [4.78, 5) is 14.7. The third-order valence-electron chi connectivity index (χ3n) is 5.64. The Kier molecular flexibility index (Phi) is 7.50. The maximum atomic E-state index is 12.3. The van der Waals surface area contributed by atoms with Crippen molar-refractivity contribution in [2.75, 3.05) is 17.7 Å². The van der Waals surface area contributed by atoms with Gasteiger partial charge in [0.2, 0.25) is 5.91 Å². The Bertz CT molecular complexity index is 922. The van der Waals surface area contributed by atoms with Gasteiger partial charge < -0.3 is 16.0 Å². The minimum absolute atomic E-state index is 0.209. The van der Waals surface area contributed by atoms with Crippen LogP contribution in [-0.4, -0.2) is 19.0 Å². The van der Waals surface area contributed by atoms with E-state index < -0.39 is 0 Å². The zero-order valence-electron chi connectivity index (χ0n) is 17.7. The minimum Gasteiger partial charge on any atom is -0.398 e. The average molecular weight is 402 g/mol. The highest BCUT2D eigenvalue weighted by molar-refractivity contribution is 5.93. The summed E-state index contributed by atoms with van der Waals surface area (Å²) in [6, 6.07) is 16.5. The highest BCUT2D eigenvalue weighted by atomic mass is 16.1. The van der Waals surface area contributed by atoms with Crippen LogP contribution < -0.4 is 16.0 Å². The van der Waals surface area contributed by atoms with Crippen molar-refractivity contribution in [1.82, 2.24) is 5.32 Å². The van der Waals surface area contributed by atoms with Gasteiger partial charge in [-0.05, 0) is 60.4 Å². The molecule has 1 fully saturated rings. The number of rotatable bonds is 7. The molecular weight excluding hydrogens is 370 g/mol. The standard InChI is InChI=1S/C26H31N3O/c1-3-22(19-21-9-7-8-12-25(21)27)28-26(30)18-15-20-13-16-24(17-14-20)29(2)23-10-5-4-6-11-23/h3,7-9,12-19,23H,1,4-6,10-11,27H2,2H3,(H,28,30)/b18-15+,22-19+. The van der Waals surface area contributed by atoms with Crippen LogP contribution in [-0.2, 0) is 4.79 Å². The number of nitrogens with one attached hydrogen (secondary N) is 1. The van der Waals surface area contributed by atoms with Crippen LogP contribution in [0.2, 0.25) is 0 Å². The molecule has 0 saturated heterocycles. The van der Waals surface area contributed by atoms with Gasteiger partial charge in [-0.1, -0.05) is 56.2 Å². The number of para-hydroxylation sites is 1. The molecular formula is C26H31N3O. The van der Waals surface area contributed by atoms with Gasteiger partial charge in [-0.25, -0.2) is 0 Å². The summed E-state index contributed by atoms with van der Waals surface area (Å²) in [6.07, 6.45) is 13.3. The van der Waals surface area contributed by atoms with Crippen molar-refractivity contribution in [3.63, 3.8) is 0 Å². The number of allylic oxidation sites excluding steroid dienone is 1. The van der Waals surface area contributed by atoms with Crippen LogP contribution in [0.3, 0.4) is 0 Å². The molecule has 0 radical (unpaired) electrons. The number of carbonyl (C=O) groups is 1. The predicted octanol–water partition coefficient (Wildman–Crippen LogP) is 5.39. The number of nitrogen functional groups attached to an aromatic ring is 1. The van der Waals surface area contributed by atoms with Crippen molar-refractivity contribution in [2.24, 2.45) is 0 Å². The Labute approximate surface area is 179 Å². The smallest absolute Gasteiger partial charge is 0.248 e. The van der Waals surface area contributed by atoms with Gasteiger partial charge in [0.05, 0.1) is 0 Å². The van der Waals surface area contributed by atoms with E-state index in [0.717, 1.165) is 11.1 Å². The quantitative estimate of drug-likeness (QED) is 0.371. The molecule has 1 saturated carbocycles. The topological polar surface area (TPSA) is 58.4 Å². The van der Waals surface area contributed by atoms with E-state index in [2.05, 4.69) is 36.0 Å². The summed E-state index contributed by atoms with van der Waals surface area (Å²) in [5, 5.41) is 2.84. The van der Waals surface area contributed by atoms with E-state index in [1.165, 1.54) is 43.9 Å². The molecule has 0 heterocycles. The first-order valence-electron chi connectivity index (χ1n) is 10.6. The predicted molar refractivity (Wildman–Crippen MR) is 128 cm³/mol. The Morgan fingerprint density at radius 3 is 2.47 bits per heavy atom. The molecule has 0 aromatic heterocycles. The Hall–Kier alpha value is -3.27. The number of amides is 1. The highest BCUT2D eigenvalue weighted by Gasteiger charge is 2.18. The lowest BCUT2D eigenvalue weighted by molar-refractivity contribution is -0.115. The first kappa shape index (κ1) is 21.4. The van der Waals surface area contributed by atoms with Crippen molar-refractivity contribution in [3.8, 4) is 0 Å². The van der Waals surface area contributed by atoms with Crippen molar-refractivity contribution in [1.29, 1.82) is 0 Å². The van der Waals surface area contributed by atoms with E-state index in [1.54, 1.807) is 6.08 Å². The number of anilines is 2. The maximum absolute atomic E-state index is 12.3. The molecule has 2 aromatic carbocycles. The number of nitrogens with zero attached hydrogens (tertiary/aromatic N) is 1. The van der Waals surface area contributed by atoms with Crippen molar-refractivity contribution >= 4 is 29.4 Å². The zero-order chi connectivity index (χ0) is 21.3. The summed E-state index contributed by atoms with van der Waals surface area (Å²) < 4.78 is 0. The van der Waals surface area contributed by atoms with E-state index in [4.69, 9.17) is 5.73 Å². The van der Waals surface area contributed by atoms with E-state index in [9.17, 15) is 4.79 Å². The molecule has 2 aromatic rings. The molecule has 156 valence electrons. The molecule has 0 unspecified atom stereocenters. The van der Waals surface area contributed by atoms with E-state index in [1.807, 2.05) is 48.6 Å². The largest absolute Gasteiger partial charge is 0.398 e. The lowest BCUT2D eigenvalue weighted by Crippen LogP contribution is -2.33. The Morgan fingerprint density at radius 1 is 1.10 bits per heavy atom. The highest BCUT2D eigenvalue weighted by Crippen LogP contribution is 2.26. The Balaban J connectivity index is 1.60. The molecule has 1 aliphatic rings. The van der Waals surface area contributed by atoms with E-state index in [-0.39, 0.29) is 5.91 Å². The summed E-state index contributed by atoms with van der Waals surface area (Å²) >= 11 is 0.